The van der Waals surface area contributed by atoms with Crippen LogP contribution in [0, 0.1) is 0 Å². The second-order valence-electron chi connectivity index (χ2n) is 4.52. The van der Waals surface area contributed by atoms with E-state index in [0.717, 1.165) is 19.5 Å². The summed E-state index contributed by atoms with van der Waals surface area (Å²) in [5, 5.41) is 5.53. The molecule has 1 N–H and O–H groups in total. The van der Waals surface area contributed by atoms with Crippen LogP contribution in [0.25, 0.3) is 0 Å². The normalized spacial score (nSPS) is 10.8. The van der Waals surface area contributed by atoms with Gasteiger partial charge in [-0.3, -0.25) is 0 Å². The molecule has 0 spiro atoms. The van der Waals surface area contributed by atoms with Crippen molar-refractivity contribution in [3.05, 3.63) is 57.8 Å². The Balaban J connectivity index is 1.84. The zero-order valence-corrected chi connectivity index (χ0v) is 12.2. The van der Waals surface area contributed by atoms with Crippen LogP contribution in [-0.4, -0.2) is 6.54 Å². The minimum Gasteiger partial charge on any atom is -0.371 e. The highest BCUT2D eigenvalue weighted by atomic mass is 32.1. The van der Waals surface area contributed by atoms with Gasteiger partial charge in [0.2, 0.25) is 0 Å². The Labute approximate surface area is 119 Å². The van der Waals surface area contributed by atoms with Crippen molar-refractivity contribution in [1.82, 2.24) is 5.32 Å². The molecule has 19 heavy (non-hydrogen) atoms. The second kappa shape index (κ2) is 8.10. The Morgan fingerprint density at radius 3 is 2.63 bits per heavy atom. The lowest BCUT2D eigenvalue weighted by atomic mass is 10.1. The van der Waals surface area contributed by atoms with Crippen LogP contribution in [0.4, 0.5) is 0 Å². The van der Waals surface area contributed by atoms with Crippen molar-refractivity contribution in [2.45, 2.75) is 33.1 Å². The minimum absolute atomic E-state index is 0.682. The van der Waals surface area contributed by atoms with Crippen molar-refractivity contribution in [3.63, 3.8) is 0 Å². The Morgan fingerprint density at radius 2 is 1.89 bits per heavy atom. The fourth-order valence-corrected chi connectivity index (χ4v) is 2.57. The molecule has 0 bridgehead atoms. The first-order chi connectivity index (χ1) is 9.40. The van der Waals surface area contributed by atoms with Gasteiger partial charge in [-0.1, -0.05) is 37.3 Å². The summed E-state index contributed by atoms with van der Waals surface area (Å²) in [4.78, 5) is 1.28. The van der Waals surface area contributed by atoms with Crippen LogP contribution in [0.1, 0.15) is 29.3 Å². The van der Waals surface area contributed by atoms with Gasteiger partial charge in [0, 0.05) is 11.4 Å². The first-order valence-electron chi connectivity index (χ1n) is 6.77. The largest absolute Gasteiger partial charge is 0.371 e. The van der Waals surface area contributed by atoms with Crippen molar-refractivity contribution in [1.29, 1.82) is 0 Å². The van der Waals surface area contributed by atoms with Gasteiger partial charge in [0.1, 0.15) is 0 Å². The van der Waals surface area contributed by atoms with E-state index in [1.807, 2.05) is 0 Å². The molecule has 0 saturated heterocycles. The summed E-state index contributed by atoms with van der Waals surface area (Å²) in [5.41, 5.74) is 2.62. The summed E-state index contributed by atoms with van der Waals surface area (Å²) in [6.45, 7) is 5.55. The van der Waals surface area contributed by atoms with Gasteiger partial charge in [-0.2, -0.15) is 0 Å². The molecule has 1 aromatic carbocycles. The molecule has 1 heterocycles. The van der Waals surface area contributed by atoms with E-state index in [2.05, 4.69) is 54.0 Å². The average molecular weight is 275 g/mol. The molecule has 0 aliphatic rings. The van der Waals surface area contributed by atoms with Crippen LogP contribution >= 0.6 is 11.3 Å². The number of hydrogen-bond donors (Lipinski definition) is 1. The van der Waals surface area contributed by atoms with Gasteiger partial charge >= 0.3 is 0 Å². The third kappa shape index (κ3) is 4.78. The summed E-state index contributed by atoms with van der Waals surface area (Å²) in [6, 6.07) is 12.7. The Kier molecular flexibility index (Phi) is 6.08. The predicted octanol–water partition coefficient (Wildman–Crippen LogP) is 3.96. The molecule has 0 radical (unpaired) electrons. The quantitative estimate of drug-likeness (QED) is 0.736. The van der Waals surface area contributed by atoms with E-state index in [-0.39, 0.29) is 0 Å². The van der Waals surface area contributed by atoms with E-state index in [0.29, 0.717) is 13.2 Å². The molecule has 2 rings (SSSR count). The minimum atomic E-state index is 0.682. The van der Waals surface area contributed by atoms with Crippen molar-refractivity contribution in [3.8, 4) is 0 Å². The van der Waals surface area contributed by atoms with Crippen molar-refractivity contribution < 1.29 is 4.74 Å². The molecule has 0 aliphatic heterocycles. The maximum atomic E-state index is 5.79. The van der Waals surface area contributed by atoms with Gasteiger partial charge in [-0.15, -0.1) is 11.3 Å². The summed E-state index contributed by atoms with van der Waals surface area (Å²) < 4.78 is 5.79. The number of nitrogens with one attached hydrogen (secondary N) is 1. The highest BCUT2D eigenvalue weighted by Crippen LogP contribution is 2.14. The number of thiophene rings is 1. The molecule has 0 aliphatic carbocycles. The average Bonchev–Trinajstić information content (AvgIpc) is 2.94. The second-order valence-corrected chi connectivity index (χ2v) is 5.55. The molecular formula is C16H21NOS. The van der Waals surface area contributed by atoms with Crippen LogP contribution in [-0.2, 0) is 24.5 Å². The Hall–Kier alpha value is -1.16. The lowest BCUT2D eigenvalue weighted by Crippen LogP contribution is -2.15. The van der Waals surface area contributed by atoms with Crippen LogP contribution in [0.15, 0.2) is 41.8 Å². The lowest BCUT2D eigenvalue weighted by molar-refractivity contribution is 0.108. The third-order valence-electron chi connectivity index (χ3n) is 2.94. The fraction of sp³-hybridized carbons (Fsp3) is 0.375. The van der Waals surface area contributed by atoms with E-state index >= 15 is 0 Å². The number of benzene rings is 1. The molecule has 2 aromatic rings. The lowest BCUT2D eigenvalue weighted by Gasteiger charge is -2.10. The first kappa shape index (κ1) is 14.3. The SMILES string of the molecule is CCCNCc1ccccc1COCc1cccs1. The van der Waals surface area contributed by atoms with Gasteiger partial charge in [0.15, 0.2) is 0 Å². The molecule has 2 nitrogen and oxygen atoms in total. The predicted molar refractivity (Wildman–Crippen MR) is 81.3 cm³/mol. The van der Waals surface area contributed by atoms with E-state index < -0.39 is 0 Å². The number of hydrogen-bond acceptors (Lipinski definition) is 3. The zero-order valence-electron chi connectivity index (χ0n) is 11.4. The molecule has 0 unspecified atom stereocenters. The van der Waals surface area contributed by atoms with Crippen LogP contribution in [0.3, 0.4) is 0 Å². The van der Waals surface area contributed by atoms with Gasteiger partial charge in [0.25, 0.3) is 0 Å². The van der Waals surface area contributed by atoms with Gasteiger partial charge in [0.05, 0.1) is 13.2 Å². The topological polar surface area (TPSA) is 21.3 Å². The molecule has 0 atom stereocenters. The monoisotopic (exact) mass is 275 g/mol. The van der Waals surface area contributed by atoms with Gasteiger partial charge < -0.3 is 10.1 Å². The standard InChI is InChI=1S/C16H21NOS/c1-2-9-17-11-14-6-3-4-7-15(14)12-18-13-16-8-5-10-19-16/h3-8,10,17H,2,9,11-13H2,1H3. The molecule has 1 aromatic heterocycles. The van der Waals surface area contributed by atoms with Gasteiger partial charge in [-0.05, 0) is 35.5 Å². The number of rotatable bonds is 8. The van der Waals surface area contributed by atoms with E-state index in [1.165, 1.54) is 16.0 Å². The zero-order chi connectivity index (χ0) is 13.3. The molecule has 0 saturated carbocycles. The molecule has 3 heteroatoms. The summed E-state index contributed by atoms with van der Waals surface area (Å²) in [6.07, 6.45) is 1.16. The van der Waals surface area contributed by atoms with Crippen molar-refractivity contribution in [2.75, 3.05) is 6.54 Å². The van der Waals surface area contributed by atoms with Crippen LogP contribution in [0.5, 0.6) is 0 Å². The molecule has 102 valence electrons. The van der Waals surface area contributed by atoms with Crippen molar-refractivity contribution >= 4 is 11.3 Å². The van der Waals surface area contributed by atoms with Gasteiger partial charge in [-0.25, -0.2) is 0 Å². The summed E-state index contributed by atoms with van der Waals surface area (Å²) in [7, 11) is 0. The maximum absolute atomic E-state index is 5.79. The van der Waals surface area contributed by atoms with E-state index in [9.17, 15) is 0 Å². The number of ether oxygens (including phenoxy) is 1. The van der Waals surface area contributed by atoms with Crippen LogP contribution in [0.2, 0.25) is 0 Å². The Morgan fingerprint density at radius 1 is 1.05 bits per heavy atom. The molecular weight excluding hydrogens is 254 g/mol. The fourth-order valence-electron chi connectivity index (χ4n) is 1.93. The highest BCUT2D eigenvalue weighted by molar-refractivity contribution is 7.09. The Bertz CT molecular complexity index is 467. The third-order valence-corrected chi connectivity index (χ3v) is 3.79. The van der Waals surface area contributed by atoms with Crippen LogP contribution < -0.4 is 5.32 Å². The maximum Gasteiger partial charge on any atom is 0.0813 e. The molecule has 0 fully saturated rings. The van der Waals surface area contributed by atoms with E-state index in [4.69, 9.17) is 4.74 Å². The van der Waals surface area contributed by atoms with E-state index in [1.54, 1.807) is 11.3 Å². The summed E-state index contributed by atoms with van der Waals surface area (Å²) in [5.74, 6) is 0. The highest BCUT2D eigenvalue weighted by Gasteiger charge is 2.02. The van der Waals surface area contributed by atoms with Crippen molar-refractivity contribution in [2.24, 2.45) is 0 Å². The first-order valence-corrected chi connectivity index (χ1v) is 7.65. The summed E-state index contributed by atoms with van der Waals surface area (Å²) >= 11 is 1.74. The smallest absolute Gasteiger partial charge is 0.0813 e. The molecule has 0 amide bonds.